The third-order valence-corrected chi connectivity index (χ3v) is 7.28. The zero-order valence-corrected chi connectivity index (χ0v) is 20.6. The molecule has 2 heterocycles. The van der Waals surface area contributed by atoms with Gasteiger partial charge in [-0.25, -0.2) is 0 Å². The van der Waals surface area contributed by atoms with Gasteiger partial charge in [-0.05, 0) is 51.1 Å². The second kappa shape index (κ2) is 9.28. The predicted molar refractivity (Wildman–Crippen MR) is 141 cm³/mol. The smallest absolute Gasteiger partial charge is 0.209 e. The van der Waals surface area contributed by atoms with Crippen LogP contribution in [0.5, 0.6) is 0 Å². The highest BCUT2D eigenvalue weighted by Gasteiger charge is 2.44. The van der Waals surface area contributed by atoms with Crippen LogP contribution in [0, 0.1) is 0 Å². The number of benzene rings is 2. The topological polar surface area (TPSA) is 58.3 Å². The predicted octanol–water partition coefficient (Wildman–Crippen LogP) is 5.00. The van der Waals surface area contributed by atoms with Gasteiger partial charge in [-0.3, -0.25) is 0 Å². The van der Waals surface area contributed by atoms with Crippen molar-refractivity contribution in [3.63, 3.8) is 0 Å². The van der Waals surface area contributed by atoms with Gasteiger partial charge in [0.2, 0.25) is 5.69 Å². The Morgan fingerprint density at radius 2 is 1.52 bits per heavy atom. The first kappa shape index (κ1) is 23.5. The highest BCUT2D eigenvalue weighted by Crippen LogP contribution is 2.47. The highest BCUT2D eigenvalue weighted by atomic mass is 15.2. The van der Waals surface area contributed by atoms with Gasteiger partial charge in [0.1, 0.15) is 0 Å². The highest BCUT2D eigenvalue weighted by molar-refractivity contribution is 6.03. The van der Waals surface area contributed by atoms with Crippen LogP contribution >= 0.6 is 0 Å². The van der Waals surface area contributed by atoms with Crippen molar-refractivity contribution in [1.82, 2.24) is 0 Å². The lowest BCUT2D eigenvalue weighted by Gasteiger charge is -2.27. The minimum absolute atomic E-state index is 0.0480. The Labute approximate surface area is 199 Å². The molecule has 0 unspecified atom stereocenters. The zero-order chi connectivity index (χ0) is 23.6. The van der Waals surface area contributed by atoms with E-state index in [2.05, 4.69) is 104 Å². The van der Waals surface area contributed by atoms with Gasteiger partial charge < -0.3 is 16.4 Å². The molecule has 0 spiro atoms. The molecule has 0 bridgehead atoms. The minimum Gasteiger partial charge on any atom is -0.344 e. The van der Waals surface area contributed by atoms with Crippen molar-refractivity contribution in [3.05, 3.63) is 83.6 Å². The summed E-state index contributed by atoms with van der Waals surface area (Å²) < 4.78 is 2.46. The van der Waals surface area contributed by atoms with E-state index in [0.29, 0.717) is 13.1 Å². The summed E-state index contributed by atoms with van der Waals surface area (Å²) in [4.78, 5) is 2.46. The lowest BCUT2D eigenvalue weighted by Crippen LogP contribution is -2.29. The lowest BCUT2D eigenvalue weighted by molar-refractivity contribution is -0.437. The first-order valence-electron chi connectivity index (χ1n) is 12.2. The first-order chi connectivity index (χ1) is 15.8. The van der Waals surface area contributed by atoms with E-state index in [1.807, 2.05) is 0 Å². The first-order valence-corrected chi connectivity index (χ1v) is 12.2. The van der Waals surface area contributed by atoms with E-state index in [0.717, 1.165) is 25.9 Å². The number of nitrogens with two attached hydrogens (primary N) is 2. The maximum atomic E-state index is 5.87. The molecule has 4 heteroatoms. The van der Waals surface area contributed by atoms with Crippen LogP contribution in [-0.4, -0.2) is 36.5 Å². The van der Waals surface area contributed by atoms with Crippen LogP contribution in [0.4, 0.5) is 11.4 Å². The number of allylic oxidation sites excluding steroid dienone is 4. The summed E-state index contributed by atoms with van der Waals surface area (Å²) in [6.07, 6.45) is 8.81. The Morgan fingerprint density at radius 1 is 0.848 bits per heavy atom. The van der Waals surface area contributed by atoms with Crippen LogP contribution in [0.15, 0.2) is 72.5 Å². The molecule has 0 saturated carbocycles. The summed E-state index contributed by atoms with van der Waals surface area (Å²) in [5.74, 6) is 0. The van der Waals surface area contributed by atoms with Gasteiger partial charge in [0.15, 0.2) is 12.3 Å². The molecule has 0 saturated heterocycles. The maximum absolute atomic E-state index is 5.87. The Morgan fingerprint density at radius 3 is 2.24 bits per heavy atom. The van der Waals surface area contributed by atoms with Gasteiger partial charge in [0.25, 0.3) is 0 Å². The fraction of sp³-hybridized carbons (Fsp3) is 0.414. The van der Waals surface area contributed by atoms with Crippen molar-refractivity contribution in [2.24, 2.45) is 11.5 Å². The Kier molecular flexibility index (Phi) is 6.60. The van der Waals surface area contributed by atoms with Crippen LogP contribution < -0.4 is 16.4 Å². The molecule has 0 fully saturated rings. The third-order valence-electron chi connectivity index (χ3n) is 7.28. The standard InChI is InChI=1S/C29H39N4/c1-28(2)22-12-5-7-14-24(22)32(20-10-18-30)26(28)16-9-17-27-29(3,4)23-13-6-8-15-25(23)33(27)21-11-19-31/h5-9,12-17H,10-11,18-21,30-31H2,1-4H3/q+1. The maximum Gasteiger partial charge on any atom is 0.209 e. The fourth-order valence-electron chi connectivity index (χ4n) is 5.49. The molecule has 0 aliphatic carbocycles. The Hall–Kier alpha value is -2.69. The number of rotatable bonds is 8. The van der Waals surface area contributed by atoms with E-state index >= 15 is 0 Å². The van der Waals surface area contributed by atoms with Crippen LogP contribution in [0.1, 0.15) is 51.7 Å². The average molecular weight is 444 g/mol. The summed E-state index contributed by atoms with van der Waals surface area (Å²) in [5, 5.41) is 0. The number of hydrogen-bond acceptors (Lipinski definition) is 3. The zero-order valence-electron chi connectivity index (χ0n) is 20.6. The van der Waals surface area contributed by atoms with E-state index in [1.54, 1.807) is 0 Å². The molecule has 4 N–H and O–H groups in total. The van der Waals surface area contributed by atoms with Crippen LogP contribution in [0.2, 0.25) is 0 Å². The second-order valence-electron chi connectivity index (χ2n) is 10.2. The molecule has 0 radical (unpaired) electrons. The number of nitrogens with zero attached hydrogens (tertiary/aromatic N) is 2. The number of fused-ring (bicyclic) bond motifs is 2. The van der Waals surface area contributed by atoms with E-state index in [9.17, 15) is 0 Å². The number of para-hydroxylation sites is 2. The largest absolute Gasteiger partial charge is 0.344 e. The van der Waals surface area contributed by atoms with Gasteiger partial charge in [-0.15, -0.1) is 0 Å². The van der Waals surface area contributed by atoms with Crippen molar-refractivity contribution in [1.29, 1.82) is 0 Å². The SMILES string of the molecule is CC1(C)C(/C=C/C=C2\N(CCCN)c3ccccc3C2(C)C)=[N+](CCCN)c2ccccc21. The van der Waals surface area contributed by atoms with E-state index in [1.165, 1.54) is 33.9 Å². The molecule has 2 aromatic rings. The van der Waals surface area contributed by atoms with Gasteiger partial charge >= 0.3 is 0 Å². The van der Waals surface area contributed by atoms with Gasteiger partial charge in [-0.1, -0.05) is 56.3 Å². The summed E-state index contributed by atoms with van der Waals surface area (Å²) >= 11 is 0. The Bertz CT molecular complexity index is 1100. The van der Waals surface area contributed by atoms with Crippen molar-refractivity contribution in [2.75, 3.05) is 31.1 Å². The van der Waals surface area contributed by atoms with Crippen molar-refractivity contribution in [3.8, 4) is 0 Å². The summed E-state index contributed by atoms with van der Waals surface area (Å²) in [7, 11) is 0. The average Bonchev–Trinajstić information content (AvgIpc) is 3.16. The summed E-state index contributed by atoms with van der Waals surface area (Å²) in [5.41, 5.74) is 19.7. The van der Waals surface area contributed by atoms with Crippen LogP contribution in [0.25, 0.3) is 0 Å². The summed E-state index contributed by atoms with van der Waals surface area (Å²) in [6, 6.07) is 17.5. The monoisotopic (exact) mass is 443 g/mol. The molecule has 0 atom stereocenters. The van der Waals surface area contributed by atoms with Crippen LogP contribution in [-0.2, 0) is 10.8 Å². The molecule has 4 nitrogen and oxygen atoms in total. The molecular weight excluding hydrogens is 404 g/mol. The molecule has 174 valence electrons. The number of anilines is 1. The second-order valence-corrected chi connectivity index (χ2v) is 10.2. The third kappa shape index (κ3) is 4.07. The van der Waals surface area contributed by atoms with E-state index in [-0.39, 0.29) is 10.8 Å². The van der Waals surface area contributed by atoms with Crippen molar-refractivity contribution >= 4 is 17.1 Å². The normalized spacial score (nSPS) is 19.6. The van der Waals surface area contributed by atoms with Crippen molar-refractivity contribution in [2.45, 2.75) is 51.4 Å². The molecule has 0 amide bonds. The van der Waals surface area contributed by atoms with Gasteiger partial charge in [-0.2, -0.15) is 4.58 Å². The van der Waals surface area contributed by atoms with Crippen LogP contribution in [0.3, 0.4) is 0 Å². The molecule has 0 aromatic heterocycles. The fourth-order valence-corrected chi connectivity index (χ4v) is 5.49. The molecule has 2 aliphatic heterocycles. The molecule has 33 heavy (non-hydrogen) atoms. The minimum atomic E-state index is -0.0480. The lowest BCUT2D eigenvalue weighted by atomic mass is 9.81. The van der Waals surface area contributed by atoms with Gasteiger partial charge in [0, 0.05) is 47.5 Å². The van der Waals surface area contributed by atoms with E-state index < -0.39 is 0 Å². The Balaban J connectivity index is 1.74. The number of hydrogen-bond donors (Lipinski definition) is 2. The van der Waals surface area contributed by atoms with Gasteiger partial charge in [0.05, 0.1) is 5.41 Å². The molecule has 4 rings (SSSR count). The molecular formula is C29H39N4+. The molecule has 2 aliphatic rings. The van der Waals surface area contributed by atoms with Crippen molar-refractivity contribution < 1.29 is 4.58 Å². The molecule has 2 aromatic carbocycles. The quantitative estimate of drug-likeness (QED) is 0.565. The van der Waals surface area contributed by atoms with E-state index in [4.69, 9.17) is 11.5 Å². The summed E-state index contributed by atoms with van der Waals surface area (Å²) in [6.45, 7) is 12.6.